The van der Waals surface area contributed by atoms with E-state index < -0.39 is 14.9 Å². The Labute approximate surface area is 159 Å². The first kappa shape index (κ1) is 19.3. The Kier molecular flexibility index (Phi) is 5.76. The van der Waals surface area contributed by atoms with Crippen LogP contribution in [0.25, 0.3) is 0 Å². The number of nitrogens with zero attached hydrogens (tertiary/aromatic N) is 2. The predicted molar refractivity (Wildman–Crippen MR) is 105 cm³/mol. The summed E-state index contributed by atoms with van der Waals surface area (Å²) in [5.74, 6) is 0. The minimum absolute atomic E-state index is 0.0365. The molecule has 0 unspecified atom stereocenters. The minimum atomic E-state index is -3.74. The molecule has 1 heterocycles. The highest BCUT2D eigenvalue weighted by atomic mass is 32.2. The first-order chi connectivity index (χ1) is 12.9. The van der Waals surface area contributed by atoms with Gasteiger partial charge in [0.25, 0.3) is 5.69 Å². The molecule has 1 N–H and O–H groups in total. The van der Waals surface area contributed by atoms with Crippen molar-refractivity contribution in [3.63, 3.8) is 0 Å². The molecule has 0 aliphatic carbocycles. The first-order valence-corrected chi connectivity index (χ1v) is 10.4. The Morgan fingerprint density at radius 1 is 1.00 bits per heavy atom. The number of hydrogen-bond donors (Lipinski definition) is 1. The molecule has 0 bridgehead atoms. The van der Waals surface area contributed by atoms with Crippen LogP contribution in [0.2, 0.25) is 0 Å². The van der Waals surface area contributed by atoms with E-state index in [0.717, 1.165) is 37.3 Å². The fourth-order valence-electron chi connectivity index (χ4n) is 3.15. The van der Waals surface area contributed by atoms with E-state index in [-0.39, 0.29) is 16.3 Å². The van der Waals surface area contributed by atoms with Crippen molar-refractivity contribution < 1.29 is 13.3 Å². The van der Waals surface area contributed by atoms with Crippen LogP contribution in [0.5, 0.6) is 0 Å². The number of nitro groups is 1. The zero-order chi connectivity index (χ0) is 19.4. The number of anilines is 2. The first-order valence-electron chi connectivity index (χ1n) is 9.00. The summed E-state index contributed by atoms with van der Waals surface area (Å²) in [4.78, 5) is 10.9. The van der Waals surface area contributed by atoms with Crippen molar-refractivity contribution in [2.45, 2.75) is 37.5 Å². The molecule has 0 aromatic heterocycles. The molecule has 1 fully saturated rings. The fraction of sp³-hybridized carbons (Fsp3) is 0.368. The zero-order valence-electron chi connectivity index (χ0n) is 15.2. The molecule has 7 nitrogen and oxygen atoms in total. The molecular formula is C19H23N3O4S. The van der Waals surface area contributed by atoms with Crippen molar-refractivity contribution in [2.75, 3.05) is 18.4 Å². The molecule has 8 heteroatoms. The second kappa shape index (κ2) is 8.06. The van der Waals surface area contributed by atoms with E-state index in [9.17, 15) is 18.5 Å². The highest BCUT2D eigenvalue weighted by molar-refractivity contribution is 7.89. The summed E-state index contributed by atoms with van der Waals surface area (Å²) < 4.78 is 27.2. The van der Waals surface area contributed by atoms with Gasteiger partial charge in [0.1, 0.15) is 5.69 Å². The third-order valence-electron chi connectivity index (χ3n) is 4.70. The monoisotopic (exact) mass is 389 g/mol. The van der Waals surface area contributed by atoms with Gasteiger partial charge >= 0.3 is 0 Å². The average molecular weight is 389 g/mol. The van der Waals surface area contributed by atoms with Crippen LogP contribution < -0.4 is 5.32 Å². The van der Waals surface area contributed by atoms with Crippen LogP contribution in [-0.4, -0.2) is 30.7 Å². The Balaban J connectivity index is 1.93. The van der Waals surface area contributed by atoms with Gasteiger partial charge in [-0.25, -0.2) is 8.42 Å². The summed E-state index contributed by atoms with van der Waals surface area (Å²) in [5, 5.41) is 14.5. The number of nitrogens with one attached hydrogen (secondary N) is 1. The van der Waals surface area contributed by atoms with Gasteiger partial charge in [-0.15, -0.1) is 0 Å². The molecule has 0 spiro atoms. The highest BCUT2D eigenvalue weighted by Crippen LogP contribution is 2.32. The lowest BCUT2D eigenvalue weighted by Crippen LogP contribution is -2.32. The van der Waals surface area contributed by atoms with Gasteiger partial charge in [0.15, 0.2) is 0 Å². The van der Waals surface area contributed by atoms with Gasteiger partial charge in [0.2, 0.25) is 10.0 Å². The van der Waals surface area contributed by atoms with E-state index in [0.29, 0.717) is 18.8 Å². The number of benzene rings is 2. The summed E-state index contributed by atoms with van der Waals surface area (Å²) in [6.45, 7) is 2.87. The Morgan fingerprint density at radius 2 is 1.63 bits per heavy atom. The third kappa shape index (κ3) is 4.45. The van der Waals surface area contributed by atoms with E-state index >= 15 is 0 Å². The van der Waals surface area contributed by atoms with E-state index in [1.807, 2.05) is 31.2 Å². The van der Waals surface area contributed by atoms with Crippen LogP contribution >= 0.6 is 0 Å². The number of rotatable bonds is 5. The van der Waals surface area contributed by atoms with Crippen LogP contribution in [0.15, 0.2) is 47.4 Å². The molecule has 27 heavy (non-hydrogen) atoms. The zero-order valence-corrected chi connectivity index (χ0v) is 16.0. The highest BCUT2D eigenvalue weighted by Gasteiger charge is 2.28. The summed E-state index contributed by atoms with van der Waals surface area (Å²) in [5.41, 5.74) is 1.78. The van der Waals surface area contributed by atoms with Crippen LogP contribution in [0.3, 0.4) is 0 Å². The smallest absolute Gasteiger partial charge is 0.294 e. The molecule has 0 saturated carbocycles. The number of sulfonamides is 1. The SMILES string of the molecule is Cc1ccc(Nc2ccc(S(=O)(=O)N3CCCCCC3)cc2[N+](=O)[O-])cc1. The maximum atomic E-state index is 12.9. The van der Waals surface area contributed by atoms with Crippen LogP contribution in [-0.2, 0) is 10.0 Å². The van der Waals surface area contributed by atoms with Gasteiger partial charge < -0.3 is 5.32 Å². The molecular weight excluding hydrogens is 366 g/mol. The lowest BCUT2D eigenvalue weighted by atomic mass is 10.2. The Bertz CT molecular complexity index is 918. The topological polar surface area (TPSA) is 92.6 Å². The van der Waals surface area contributed by atoms with Crippen LogP contribution in [0, 0.1) is 17.0 Å². The molecule has 2 aromatic carbocycles. The number of hydrogen-bond acceptors (Lipinski definition) is 5. The van der Waals surface area contributed by atoms with Gasteiger partial charge in [-0.2, -0.15) is 4.31 Å². The molecule has 144 valence electrons. The second-order valence-electron chi connectivity index (χ2n) is 6.75. The predicted octanol–water partition coefficient (Wildman–Crippen LogP) is 4.21. The molecule has 1 aliphatic rings. The largest absolute Gasteiger partial charge is 0.350 e. The fourth-order valence-corrected chi connectivity index (χ4v) is 4.69. The van der Waals surface area contributed by atoms with Crippen LogP contribution in [0.1, 0.15) is 31.2 Å². The molecule has 0 atom stereocenters. The van der Waals surface area contributed by atoms with Crippen molar-refractivity contribution in [3.05, 3.63) is 58.1 Å². The van der Waals surface area contributed by atoms with Crippen molar-refractivity contribution in [1.82, 2.24) is 4.31 Å². The van der Waals surface area contributed by atoms with Gasteiger partial charge in [-0.3, -0.25) is 10.1 Å². The lowest BCUT2D eigenvalue weighted by Gasteiger charge is -2.20. The second-order valence-corrected chi connectivity index (χ2v) is 8.68. The molecule has 1 aliphatic heterocycles. The molecule has 0 amide bonds. The Morgan fingerprint density at radius 3 is 2.22 bits per heavy atom. The summed E-state index contributed by atoms with van der Waals surface area (Å²) >= 11 is 0. The van der Waals surface area contributed by atoms with Crippen molar-refractivity contribution in [3.8, 4) is 0 Å². The Hall–Kier alpha value is -2.45. The molecule has 0 radical (unpaired) electrons. The molecule has 2 aromatic rings. The maximum Gasteiger partial charge on any atom is 0.294 e. The molecule has 1 saturated heterocycles. The van der Waals surface area contributed by atoms with Crippen LogP contribution in [0.4, 0.5) is 17.1 Å². The van der Waals surface area contributed by atoms with E-state index in [1.165, 1.54) is 16.4 Å². The van der Waals surface area contributed by atoms with E-state index in [2.05, 4.69) is 5.32 Å². The third-order valence-corrected chi connectivity index (χ3v) is 6.59. The summed E-state index contributed by atoms with van der Waals surface area (Å²) in [6, 6.07) is 11.5. The van der Waals surface area contributed by atoms with Gasteiger partial charge in [0, 0.05) is 24.8 Å². The van der Waals surface area contributed by atoms with Gasteiger partial charge in [-0.1, -0.05) is 30.5 Å². The standard InChI is InChI=1S/C19H23N3O4S/c1-15-6-8-16(9-7-15)20-18-11-10-17(14-19(18)22(23)24)27(25,26)21-12-4-2-3-5-13-21/h6-11,14,20H,2-5,12-13H2,1H3. The lowest BCUT2D eigenvalue weighted by molar-refractivity contribution is -0.384. The van der Waals surface area contributed by atoms with E-state index in [4.69, 9.17) is 0 Å². The maximum absolute atomic E-state index is 12.9. The average Bonchev–Trinajstić information content (AvgIpc) is 2.93. The molecule has 3 rings (SSSR count). The van der Waals surface area contributed by atoms with Crippen molar-refractivity contribution >= 4 is 27.1 Å². The van der Waals surface area contributed by atoms with Gasteiger partial charge in [0.05, 0.1) is 9.82 Å². The van der Waals surface area contributed by atoms with Gasteiger partial charge in [-0.05, 0) is 44.0 Å². The normalized spacial score (nSPS) is 15.9. The summed E-state index contributed by atoms with van der Waals surface area (Å²) in [6.07, 6.45) is 3.64. The van der Waals surface area contributed by atoms with Crippen molar-refractivity contribution in [2.24, 2.45) is 0 Å². The number of aryl methyl sites for hydroxylation is 1. The minimum Gasteiger partial charge on any atom is -0.350 e. The van der Waals surface area contributed by atoms with Crippen molar-refractivity contribution in [1.29, 1.82) is 0 Å². The summed E-state index contributed by atoms with van der Waals surface area (Å²) in [7, 11) is -3.74. The quantitative estimate of drug-likeness (QED) is 0.611. The van der Waals surface area contributed by atoms with E-state index in [1.54, 1.807) is 0 Å². The number of nitro benzene ring substituents is 1.